The highest BCUT2D eigenvalue weighted by Crippen LogP contribution is 2.30. The summed E-state index contributed by atoms with van der Waals surface area (Å²) in [5.41, 5.74) is 0.784. The lowest BCUT2D eigenvalue weighted by Crippen LogP contribution is -2.41. The summed E-state index contributed by atoms with van der Waals surface area (Å²) in [5, 5.41) is 9.08. The third-order valence-corrected chi connectivity index (χ3v) is 3.81. The number of aliphatic carboxylic acids is 1. The van der Waals surface area contributed by atoms with Gasteiger partial charge in [-0.25, -0.2) is 0 Å². The van der Waals surface area contributed by atoms with E-state index in [2.05, 4.69) is 0 Å². The van der Waals surface area contributed by atoms with E-state index in [9.17, 15) is 14.4 Å². The van der Waals surface area contributed by atoms with Crippen molar-refractivity contribution in [2.75, 3.05) is 0 Å². The maximum atomic E-state index is 12.3. The summed E-state index contributed by atoms with van der Waals surface area (Å²) in [7, 11) is 0. The first-order valence-corrected chi connectivity index (χ1v) is 6.46. The molecule has 2 aliphatic rings. The molecule has 0 saturated heterocycles. The first-order chi connectivity index (χ1) is 9.59. The molecule has 0 fully saturated rings. The van der Waals surface area contributed by atoms with Crippen LogP contribution in [-0.4, -0.2) is 33.8 Å². The van der Waals surface area contributed by atoms with Gasteiger partial charge >= 0.3 is 5.97 Å². The van der Waals surface area contributed by atoms with Gasteiger partial charge < -0.3 is 5.11 Å². The summed E-state index contributed by atoms with van der Waals surface area (Å²) in [5.74, 6) is -2.12. The van der Waals surface area contributed by atoms with Gasteiger partial charge in [0.1, 0.15) is 0 Å². The van der Waals surface area contributed by atoms with Gasteiger partial charge in [0.2, 0.25) is 0 Å². The first-order valence-electron chi connectivity index (χ1n) is 6.46. The van der Waals surface area contributed by atoms with E-state index in [1.54, 1.807) is 36.4 Å². The van der Waals surface area contributed by atoms with E-state index in [4.69, 9.17) is 5.11 Å². The molecule has 1 aliphatic heterocycles. The van der Waals surface area contributed by atoms with Gasteiger partial charge in [-0.1, -0.05) is 24.3 Å². The van der Waals surface area contributed by atoms with E-state index in [1.165, 1.54) is 4.90 Å². The van der Waals surface area contributed by atoms with Crippen molar-refractivity contribution in [3.8, 4) is 0 Å². The minimum atomic E-state index is -0.893. The highest BCUT2D eigenvalue weighted by atomic mass is 16.4. The Morgan fingerprint density at radius 2 is 1.75 bits per heavy atom. The average Bonchev–Trinajstić information content (AvgIpc) is 2.72. The minimum Gasteiger partial charge on any atom is -0.481 e. The van der Waals surface area contributed by atoms with Crippen LogP contribution in [0.5, 0.6) is 0 Å². The molecule has 5 heteroatoms. The highest BCUT2D eigenvalue weighted by molar-refractivity contribution is 6.21. The van der Waals surface area contributed by atoms with Gasteiger partial charge in [0, 0.05) is 0 Å². The minimum absolute atomic E-state index is 0.275. The molecule has 20 heavy (non-hydrogen) atoms. The Balaban J connectivity index is 1.91. The molecule has 0 saturated carbocycles. The number of carbonyl (C=O) groups is 3. The monoisotopic (exact) mass is 271 g/mol. The van der Waals surface area contributed by atoms with Crippen LogP contribution in [-0.2, 0) is 4.79 Å². The molecule has 0 bridgehead atoms. The number of fused-ring (bicyclic) bond motifs is 1. The molecule has 1 N–H and O–H groups in total. The fourth-order valence-corrected chi connectivity index (χ4v) is 2.77. The van der Waals surface area contributed by atoms with Crippen LogP contribution in [0.2, 0.25) is 0 Å². The van der Waals surface area contributed by atoms with Crippen molar-refractivity contribution < 1.29 is 19.5 Å². The van der Waals surface area contributed by atoms with E-state index in [0.29, 0.717) is 17.5 Å². The second-order valence-electron chi connectivity index (χ2n) is 5.03. The molecule has 0 spiro atoms. The molecule has 1 heterocycles. The topological polar surface area (TPSA) is 74.7 Å². The Hall–Kier alpha value is -2.43. The van der Waals surface area contributed by atoms with Crippen molar-refractivity contribution in [3.05, 3.63) is 47.5 Å². The molecule has 0 aromatic heterocycles. The molecule has 102 valence electrons. The molecule has 2 atom stereocenters. The summed E-state index contributed by atoms with van der Waals surface area (Å²) in [6.45, 7) is 0. The number of allylic oxidation sites excluding steroid dienone is 1. The summed E-state index contributed by atoms with van der Waals surface area (Å²) >= 11 is 0. The van der Waals surface area contributed by atoms with Gasteiger partial charge in [-0.2, -0.15) is 0 Å². The van der Waals surface area contributed by atoms with Crippen molar-refractivity contribution in [2.45, 2.75) is 18.9 Å². The Labute approximate surface area is 115 Å². The van der Waals surface area contributed by atoms with Crippen molar-refractivity contribution >= 4 is 17.8 Å². The predicted molar refractivity (Wildman–Crippen MR) is 70.2 cm³/mol. The SMILES string of the molecule is O=C(O)C1CC=C[C@@H](N2C(=O)c3ccccc3C2=O)C1. The van der Waals surface area contributed by atoms with E-state index in [0.717, 1.165) is 0 Å². The third-order valence-electron chi connectivity index (χ3n) is 3.81. The Kier molecular flexibility index (Phi) is 2.89. The van der Waals surface area contributed by atoms with Gasteiger partial charge in [-0.05, 0) is 25.0 Å². The number of nitrogens with zero attached hydrogens (tertiary/aromatic N) is 1. The van der Waals surface area contributed by atoms with Crippen LogP contribution in [0.3, 0.4) is 0 Å². The van der Waals surface area contributed by atoms with Crippen LogP contribution in [0.4, 0.5) is 0 Å². The van der Waals surface area contributed by atoms with Gasteiger partial charge in [0.25, 0.3) is 11.8 Å². The van der Waals surface area contributed by atoms with E-state index in [1.807, 2.05) is 0 Å². The molecule has 1 unspecified atom stereocenters. The number of hydrogen-bond acceptors (Lipinski definition) is 3. The number of amides is 2. The number of imide groups is 1. The van der Waals surface area contributed by atoms with Crippen molar-refractivity contribution in [2.24, 2.45) is 5.92 Å². The third kappa shape index (κ3) is 1.82. The van der Waals surface area contributed by atoms with Crippen molar-refractivity contribution in [1.29, 1.82) is 0 Å². The number of hydrogen-bond donors (Lipinski definition) is 1. The van der Waals surface area contributed by atoms with E-state index >= 15 is 0 Å². The summed E-state index contributed by atoms with van der Waals surface area (Å²) in [6.07, 6.45) is 4.20. The molecular weight excluding hydrogens is 258 g/mol. The van der Waals surface area contributed by atoms with Crippen LogP contribution in [0, 0.1) is 5.92 Å². The lowest BCUT2D eigenvalue weighted by molar-refractivity contribution is -0.142. The Morgan fingerprint density at radius 3 is 2.30 bits per heavy atom. The number of benzene rings is 1. The largest absolute Gasteiger partial charge is 0.481 e. The zero-order valence-electron chi connectivity index (χ0n) is 10.7. The predicted octanol–water partition coefficient (Wildman–Crippen LogP) is 1.70. The fourth-order valence-electron chi connectivity index (χ4n) is 2.77. The Morgan fingerprint density at radius 1 is 1.15 bits per heavy atom. The van der Waals surface area contributed by atoms with Gasteiger partial charge in [0.15, 0.2) is 0 Å². The molecule has 5 nitrogen and oxygen atoms in total. The number of rotatable bonds is 2. The van der Waals surface area contributed by atoms with E-state index in [-0.39, 0.29) is 18.2 Å². The number of carboxylic acids is 1. The van der Waals surface area contributed by atoms with Crippen LogP contribution in [0.25, 0.3) is 0 Å². The van der Waals surface area contributed by atoms with Crippen molar-refractivity contribution in [3.63, 3.8) is 0 Å². The quantitative estimate of drug-likeness (QED) is 0.656. The lowest BCUT2D eigenvalue weighted by atomic mass is 9.90. The molecule has 0 radical (unpaired) electrons. The number of carboxylic acid groups (broad SMARTS) is 1. The van der Waals surface area contributed by atoms with Crippen molar-refractivity contribution in [1.82, 2.24) is 4.90 Å². The van der Waals surface area contributed by atoms with Crippen LogP contribution in [0.1, 0.15) is 33.6 Å². The summed E-state index contributed by atoms with van der Waals surface area (Å²) in [6, 6.07) is 6.19. The van der Waals surface area contributed by atoms with Gasteiger partial charge in [-0.3, -0.25) is 19.3 Å². The molecule has 1 aromatic rings. The van der Waals surface area contributed by atoms with Crippen LogP contribution < -0.4 is 0 Å². The van der Waals surface area contributed by atoms with Gasteiger partial charge in [-0.15, -0.1) is 0 Å². The summed E-state index contributed by atoms with van der Waals surface area (Å²) < 4.78 is 0. The normalized spacial score (nSPS) is 24.9. The van der Waals surface area contributed by atoms with E-state index < -0.39 is 17.9 Å². The summed E-state index contributed by atoms with van der Waals surface area (Å²) in [4.78, 5) is 36.9. The van der Waals surface area contributed by atoms with Crippen LogP contribution >= 0.6 is 0 Å². The zero-order valence-corrected chi connectivity index (χ0v) is 10.7. The highest BCUT2D eigenvalue weighted by Gasteiger charge is 2.40. The first kappa shape index (κ1) is 12.6. The molecular formula is C15H13NO4. The fraction of sp³-hybridized carbons (Fsp3) is 0.267. The standard InChI is InChI=1S/C15H13NO4/c17-13-11-6-1-2-7-12(11)14(18)16(13)10-5-3-4-9(8-10)15(19)20/h1-3,5-7,9-10H,4,8H2,(H,19,20)/t9?,10-/m1/s1. The average molecular weight is 271 g/mol. The molecule has 2 amide bonds. The van der Waals surface area contributed by atoms with Gasteiger partial charge in [0.05, 0.1) is 23.1 Å². The second-order valence-corrected chi connectivity index (χ2v) is 5.03. The second kappa shape index (κ2) is 4.59. The smallest absolute Gasteiger partial charge is 0.306 e. The maximum Gasteiger partial charge on any atom is 0.306 e. The number of carbonyl (C=O) groups excluding carboxylic acids is 2. The molecule has 1 aromatic carbocycles. The Bertz CT molecular complexity index is 600. The maximum absolute atomic E-state index is 12.3. The molecule has 1 aliphatic carbocycles. The molecule has 3 rings (SSSR count). The zero-order chi connectivity index (χ0) is 14.3. The van der Waals surface area contributed by atoms with Crippen LogP contribution in [0.15, 0.2) is 36.4 Å². The lowest BCUT2D eigenvalue weighted by Gasteiger charge is -2.28.